The molecule has 1 aromatic carbocycles. The third-order valence-electron chi connectivity index (χ3n) is 8.44. The van der Waals surface area contributed by atoms with Crippen molar-refractivity contribution in [2.45, 2.75) is 97.0 Å². The largest absolute Gasteiger partial charge is 0.490 e. The predicted molar refractivity (Wildman–Crippen MR) is 182 cm³/mol. The number of carbonyl (C=O) groups excluding carboxylic acids is 3. The molecule has 3 aliphatic rings. The highest BCUT2D eigenvalue weighted by atomic mass is 32.2. The lowest BCUT2D eigenvalue weighted by molar-refractivity contribution is -0.122. The summed E-state index contributed by atoms with van der Waals surface area (Å²) in [5, 5.41) is 3.61. The molecule has 1 saturated heterocycles. The molecule has 1 aromatic heterocycles. The van der Waals surface area contributed by atoms with Crippen LogP contribution in [0.4, 0.5) is 5.00 Å². The Balaban J connectivity index is 1.07. The highest BCUT2D eigenvalue weighted by molar-refractivity contribution is 8.26. The van der Waals surface area contributed by atoms with Crippen molar-refractivity contribution >= 4 is 68.5 Å². The first kappa shape index (κ1) is 32.7. The molecule has 1 aliphatic heterocycles. The van der Waals surface area contributed by atoms with E-state index in [1.807, 2.05) is 30.3 Å². The Morgan fingerprint density at radius 3 is 2.61 bits per heavy atom. The zero-order valence-corrected chi connectivity index (χ0v) is 28.1. The van der Waals surface area contributed by atoms with E-state index in [-0.39, 0.29) is 17.8 Å². The number of hydrogen-bond donors (Lipinski definition) is 1. The smallest absolute Gasteiger partial charge is 0.341 e. The van der Waals surface area contributed by atoms with Gasteiger partial charge in [0.15, 0.2) is 0 Å². The number of amides is 2. The third-order valence-corrected chi connectivity index (χ3v) is 11.0. The minimum absolute atomic E-state index is 0.0669. The van der Waals surface area contributed by atoms with Crippen LogP contribution in [0.1, 0.15) is 104 Å². The number of rotatable bonds is 12. The van der Waals surface area contributed by atoms with Crippen LogP contribution < -0.4 is 10.1 Å². The summed E-state index contributed by atoms with van der Waals surface area (Å²) in [5.41, 5.74) is 2.53. The maximum Gasteiger partial charge on any atom is 0.341 e. The average Bonchev–Trinajstić information content (AvgIpc) is 3.49. The van der Waals surface area contributed by atoms with Gasteiger partial charge < -0.3 is 14.8 Å². The first-order chi connectivity index (χ1) is 21.3. The summed E-state index contributed by atoms with van der Waals surface area (Å²) in [5.74, 6) is 0.915. The van der Waals surface area contributed by atoms with E-state index in [1.54, 1.807) is 11.8 Å². The Hall–Kier alpha value is -2.69. The number of hydrogen-bond acceptors (Lipinski definition) is 8. The molecule has 2 heterocycles. The third kappa shape index (κ3) is 8.31. The molecule has 2 aliphatic carbocycles. The Kier molecular flexibility index (Phi) is 11.5. The molecule has 2 fully saturated rings. The molecule has 1 N–H and O–H groups in total. The van der Waals surface area contributed by atoms with Crippen molar-refractivity contribution in [1.82, 2.24) is 4.90 Å². The minimum Gasteiger partial charge on any atom is -0.490 e. The number of thioether (sulfide) groups is 1. The number of nitrogens with zero attached hydrogens (tertiary/aromatic N) is 1. The molecule has 7 nitrogen and oxygen atoms in total. The molecule has 44 heavy (non-hydrogen) atoms. The van der Waals surface area contributed by atoms with E-state index in [1.165, 1.54) is 47.2 Å². The summed E-state index contributed by atoms with van der Waals surface area (Å²) in [6.45, 7) is 4.84. The van der Waals surface area contributed by atoms with Gasteiger partial charge in [-0.2, -0.15) is 0 Å². The van der Waals surface area contributed by atoms with Crippen LogP contribution in [0.2, 0.25) is 0 Å². The summed E-state index contributed by atoms with van der Waals surface area (Å²) in [7, 11) is 0. The number of unbranched alkanes of at least 4 members (excludes halogenated alkanes) is 2. The fraction of sp³-hybridized carbons (Fsp3) is 0.529. The molecule has 10 heteroatoms. The quantitative estimate of drug-likeness (QED) is 0.107. The second kappa shape index (κ2) is 15.5. The lowest BCUT2D eigenvalue weighted by atomic mass is 9.88. The van der Waals surface area contributed by atoms with Gasteiger partial charge in [0.1, 0.15) is 15.1 Å². The van der Waals surface area contributed by atoms with Gasteiger partial charge in [0.25, 0.3) is 5.91 Å². The van der Waals surface area contributed by atoms with Crippen LogP contribution >= 0.6 is 35.3 Å². The minimum atomic E-state index is -0.354. The number of carbonyl (C=O) groups is 3. The van der Waals surface area contributed by atoms with Crippen LogP contribution in [-0.4, -0.2) is 46.3 Å². The molecular weight excluding hydrogens is 613 g/mol. The maximum atomic E-state index is 13.1. The van der Waals surface area contributed by atoms with Crippen molar-refractivity contribution in [1.29, 1.82) is 0 Å². The van der Waals surface area contributed by atoms with Crippen molar-refractivity contribution in [2.24, 2.45) is 5.92 Å². The number of ether oxygens (including phenoxy) is 2. The Morgan fingerprint density at radius 2 is 1.86 bits per heavy atom. The van der Waals surface area contributed by atoms with Gasteiger partial charge in [-0.15, -0.1) is 11.3 Å². The summed E-state index contributed by atoms with van der Waals surface area (Å²) in [4.78, 5) is 42.1. The SMILES string of the molecule is CCOC(=O)c1c(NC(=O)CCCCCN2C(=O)/C(=C/c3ccc(OC4CCCCC4)cc3)SC2=S)sc2c1CCC(C)C2. The van der Waals surface area contributed by atoms with Gasteiger partial charge in [-0.05, 0) is 100.0 Å². The van der Waals surface area contributed by atoms with E-state index in [9.17, 15) is 14.4 Å². The average molecular weight is 655 g/mol. The van der Waals surface area contributed by atoms with Crippen LogP contribution in [0.15, 0.2) is 29.2 Å². The van der Waals surface area contributed by atoms with E-state index in [2.05, 4.69) is 12.2 Å². The molecular formula is C34H42N2O5S3. The Morgan fingerprint density at radius 1 is 1.09 bits per heavy atom. The van der Waals surface area contributed by atoms with Gasteiger partial charge in [0, 0.05) is 17.8 Å². The first-order valence-corrected chi connectivity index (χ1v) is 18.0. The van der Waals surface area contributed by atoms with Crippen LogP contribution in [0.3, 0.4) is 0 Å². The molecule has 0 spiro atoms. The molecule has 0 radical (unpaired) electrons. The molecule has 5 rings (SSSR count). The highest BCUT2D eigenvalue weighted by Crippen LogP contribution is 2.40. The van der Waals surface area contributed by atoms with E-state index in [0.29, 0.717) is 57.8 Å². The van der Waals surface area contributed by atoms with Gasteiger partial charge in [0.2, 0.25) is 5.91 Å². The van der Waals surface area contributed by atoms with Gasteiger partial charge in [-0.25, -0.2) is 4.79 Å². The van der Waals surface area contributed by atoms with Crippen molar-refractivity contribution in [2.75, 3.05) is 18.5 Å². The lowest BCUT2D eigenvalue weighted by Crippen LogP contribution is -2.29. The zero-order valence-electron chi connectivity index (χ0n) is 25.7. The standard InChI is InChI=1S/C34H42N2O5S3/c1-3-40-33(39)30-26-18-13-22(2)20-27(26)43-31(30)35-29(37)12-8-5-9-19-36-32(38)28(44-34(36)42)21-23-14-16-25(17-15-23)41-24-10-6-4-7-11-24/h14-17,21-22,24H,3-13,18-20H2,1-2H3,(H,35,37)/b28-21-. The predicted octanol–water partition coefficient (Wildman–Crippen LogP) is 8.16. The maximum absolute atomic E-state index is 13.1. The summed E-state index contributed by atoms with van der Waals surface area (Å²) in [6.07, 6.45) is 13.6. The fourth-order valence-corrected chi connectivity index (χ4v) is 8.77. The topological polar surface area (TPSA) is 84.9 Å². The summed E-state index contributed by atoms with van der Waals surface area (Å²) >= 11 is 8.36. The number of benzene rings is 1. The van der Waals surface area contributed by atoms with E-state index in [0.717, 1.165) is 61.8 Å². The van der Waals surface area contributed by atoms with Crippen molar-refractivity contribution in [3.8, 4) is 5.75 Å². The van der Waals surface area contributed by atoms with Crippen molar-refractivity contribution < 1.29 is 23.9 Å². The van der Waals surface area contributed by atoms with Crippen molar-refractivity contribution in [3.63, 3.8) is 0 Å². The molecule has 236 valence electrons. The molecule has 0 bridgehead atoms. The van der Waals surface area contributed by atoms with Crippen LogP contribution in [0.5, 0.6) is 5.75 Å². The van der Waals surface area contributed by atoms with E-state index >= 15 is 0 Å². The van der Waals surface area contributed by atoms with Gasteiger partial charge in [-0.3, -0.25) is 14.5 Å². The van der Waals surface area contributed by atoms with Crippen LogP contribution in [-0.2, 0) is 27.2 Å². The van der Waals surface area contributed by atoms with Gasteiger partial charge >= 0.3 is 5.97 Å². The molecule has 2 amide bonds. The zero-order chi connectivity index (χ0) is 31.1. The highest BCUT2D eigenvalue weighted by Gasteiger charge is 2.32. The molecule has 1 unspecified atom stereocenters. The normalized spacial score (nSPS) is 19.7. The Labute approximate surface area is 274 Å². The molecule has 1 atom stereocenters. The van der Waals surface area contributed by atoms with Crippen molar-refractivity contribution in [3.05, 3.63) is 50.7 Å². The number of fused-ring (bicyclic) bond motifs is 1. The van der Waals surface area contributed by atoms with Crippen LogP contribution in [0.25, 0.3) is 6.08 Å². The second-order valence-corrected chi connectivity index (χ2v) is 14.7. The van der Waals surface area contributed by atoms with Gasteiger partial charge in [-0.1, -0.05) is 55.9 Å². The number of anilines is 1. The molecule has 1 saturated carbocycles. The monoisotopic (exact) mass is 654 g/mol. The second-order valence-electron chi connectivity index (χ2n) is 11.9. The lowest BCUT2D eigenvalue weighted by Gasteiger charge is -2.22. The number of esters is 1. The van der Waals surface area contributed by atoms with E-state index in [4.69, 9.17) is 21.7 Å². The summed E-state index contributed by atoms with van der Waals surface area (Å²) in [6, 6.07) is 7.92. The fourth-order valence-electron chi connectivity index (χ4n) is 6.04. The summed E-state index contributed by atoms with van der Waals surface area (Å²) < 4.78 is 12.0. The molecule has 2 aromatic rings. The Bertz CT molecular complexity index is 1390. The first-order valence-electron chi connectivity index (χ1n) is 16.0. The van der Waals surface area contributed by atoms with Crippen LogP contribution in [0, 0.1) is 5.92 Å². The number of nitrogens with one attached hydrogen (secondary N) is 1. The van der Waals surface area contributed by atoms with Gasteiger partial charge in [0.05, 0.1) is 23.2 Å². The van der Waals surface area contributed by atoms with E-state index < -0.39 is 0 Å². The number of thiocarbonyl (C=S) groups is 1. The number of thiophene rings is 1.